The van der Waals surface area contributed by atoms with Crippen LogP contribution in [-0.2, 0) is 22.6 Å². The van der Waals surface area contributed by atoms with Crippen molar-refractivity contribution in [3.8, 4) is 5.75 Å². The van der Waals surface area contributed by atoms with Gasteiger partial charge in [0.15, 0.2) is 11.6 Å². The van der Waals surface area contributed by atoms with Gasteiger partial charge in [-0.2, -0.15) is 0 Å². The third kappa shape index (κ3) is 5.56. The Morgan fingerprint density at radius 1 is 0.985 bits per heavy atom. The van der Waals surface area contributed by atoms with Crippen LogP contribution in [0.3, 0.4) is 0 Å². The number of nitrogens with one attached hydrogen (secondary N) is 2. The maximum absolute atomic E-state index is 15.6. The molecule has 6 aliphatic heterocycles. The molecule has 6 heterocycles. The number of hydrogen-bond acceptors (Lipinski definition) is 15. The number of ketones is 2. The lowest BCUT2D eigenvalue weighted by molar-refractivity contribution is -0.384. The van der Waals surface area contributed by atoms with Gasteiger partial charge in [0.05, 0.1) is 30.1 Å². The zero-order valence-electron chi connectivity index (χ0n) is 36.3. The summed E-state index contributed by atoms with van der Waals surface area (Å²) in [6.45, 7) is -0.376. The van der Waals surface area contributed by atoms with Crippen LogP contribution in [0.1, 0.15) is 83.2 Å². The number of carbonyl (C=O) groups excluding carboxylic acids is 3. The topological polar surface area (TPSA) is 215 Å². The van der Waals surface area contributed by atoms with Crippen molar-refractivity contribution in [1.29, 1.82) is 0 Å². The molecule has 66 heavy (non-hydrogen) atoms. The van der Waals surface area contributed by atoms with Crippen LogP contribution < -0.4 is 15.4 Å². The molecular formula is C51H54N2O11S2. The Kier molecular flexibility index (Phi) is 9.90. The molecule has 6 aliphatic carbocycles. The smallest absolute Gasteiger partial charge is 0.229 e. The predicted octanol–water partition coefficient (Wildman–Crippen LogP) is 4.89. The largest absolute Gasteiger partial charge is 0.511 e. The third-order valence-electron chi connectivity index (χ3n) is 17.8. The van der Waals surface area contributed by atoms with Gasteiger partial charge in [-0.05, 0) is 96.3 Å². The summed E-state index contributed by atoms with van der Waals surface area (Å²) >= 11 is 0. The number of hydrogen-bond donors (Lipinski definition) is 8. The third-order valence-corrected chi connectivity index (χ3v) is 20.4. The monoisotopic (exact) mass is 934 g/mol. The number of aliphatic hydroxyl groups excluding tert-OH is 5. The average Bonchev–Trinajstić information content (AvgIpc) is 3.90. The van der Waals surface area contributed by atoms with E-state index in [2.05, 4.69) is 22.8 Å². The van der Waals surface area contributed by atoms with Crippen molar-refractivity contribution in [3.05, 3.63) is 123 Å². The Morgan fingerprint density at radius 3 is 2.64 bits per heavy atom. The highest BCUT2D eigenvalue weighted by Gasteiger charge is 2.76. The summed E-state index contributed by atoms with van der Waals surface area (Å²) in [6.07, 6.45) is 8.70. The Balaban J connectivity index is 1.04. The van der Waals surface area contributed by atoms with Gasteiger partial charge in [0.25, 0.3) is 0 Å². The fraction of sp³-hybridized carbons (Fsp3) is 0.510. The standard InChI is InChI=1S/C51H54N2O11S2/c54-22-27-5-1-4-26(16-27)17-28-18-33-41(58)31-7-2-8-34-40(31)42(59)50(33,37(57)19-28)25-65-66-38-21-29-20-36-47(11-3-6-30(47)23-55)13-14-49(36,32-10-15-52-44(53-38)39(29)32)35-9-12-48(24-56)46(61)51(35,62)43(60)45(63-34)64-48/h1-2,4-5,7-8,10,16,18-20,23,30,33,35-36,38,43,45-46,52-54,56-57,60-62H,3,6,9,11-15,17,21-22,24-25H2. The van der Waals surface area contributed by atoms with Crippen molar-refractivity contribution >= 4 is 39.4 Å². The molecule has 3 spiro atoms. The van der Waals surface area contributed by atoms with E-state index in [1.54, 1.807) is 24.3 Å². The molecular weight excluding hydrogens is 881 g/mol. The van der Waals surface area contributed by atoms with Gasteiger partial charge in [0.2, 0.25) is 6.29 Å². The molecule has 2 aromatic rings. The zero-order valence-corrected chi connectivity index (χ0v) is 37.9. The van der Waals surface area contributed by atoms with Crippen LogP contribution in [0.25, 0.3) is 0 Å². The van der Waals surface area contributed by atoms with Gasteiger partial charge in [-0.1, -0.05) is 82.6 Å². The van der Waals surface area contributed by atoms with Crippen molar-refractivity contribution < 1.29 is 54.5 Å². The molecule has 15 heteroatoms. The zero-order chi connectivity index (χ0) is 45.5. The van der Waals surface area contributed by atoms with Gasteiger partial charge in [0, 0.05) is 47.1 Å². The van der Waals surface area contributed by atoms with Gasteiger partial charge in [0.1, 0.15) is 52.4 Å². The van der Waals surface area contributed by atoms with E-state index >= 15 is 9.59 Å². The fourth-order valence-corrected chi connectivity index (χ4v) is 17.7. The van der Waals surface area contributed by atoms with Crippen molar-refractivity contribution in [3.63, 3.8) is 0 Å². The molecule has 11 bridgehead atoms. The van der Waals surface area contributed by atoms with Crippen molar-refractivity contribution in [2.75, 3.05) is 18.9 Å². The minimum atomic E-state index is -2.33. The summed E-state index contributed by atoms with van der Waals surface area (Å²) in [5.41, 5.74) is -1.79. The van der Waals surface area contributed by atoms with E-state index in [0.717, 1.165) is 65.6 Å². The molecule has 0 aromatic heterocycles. The summed E-state index contributed by atoms with van der Waals surface area (Å²) in [7, 11) is 2.94. The van der Waals surface area contributed by atoms with E-state index in [1.807, 2.05) is 24.3 Å². The first-order chi connectivity index (χ1) is 31.9. The van der Waals surface area contributed by atoms with Gasteiger partial charge >= 0.3 is 0 Å². The number of carbonyl (C=O) groups is 3. The Bertz CT molecular complexity index is 2640. The fourth-order valence-electron chi connectivity index (χ4n) is 14.8. The van der Waals surface area contributed by atoms with Crippen LogP contribution in [0.15, 0.2) is 101 Å². The van der Waals surface area contributed by atoms with E-state index in [-0.39, 0.29) is 65.0 Å². The van der Waals surface area contributed by atoms with Gasteiger partial charge < -0.3 is 55.5 Å². The molecule has 8 N–H and O–H groups in total. The lowest BCUT2D eigenvalue weighted by Crippen LogP contribution is -2.80. The lowest BCUT2D eigenvalue weighted by atomic mass is 9.45. The van der Waals surface area contributed by atoms with Crippen LogP contribution in [0.2, 0.25) is 0 Å². The van der Waals surface area contributed by atoms with E-state index in [4.69, 9.17) is 9.47 Å². The Morgan fingerprint density at radius 2 is 1.82 bits per heavy atom. The number of aliphatic hydroxyl groups is 6. The minimum absolute atomic E-state index is 0.00810. The molecule has 0 radical (unpaired) electrons. The Labute approximate surface area is 389 Å². The van der Waals surface area contributed by atoms with Crippen LogP contribution in [0.4, 0.5) is 0 Å². The van der Waals surface area contributed by atoms with Crippen LogP contribution in [-0.4, -0.2) is 102 Å². The highest BCUT2D eigenvalue weighted by Crippen LogP contribution is 2.75. The number of fused-ring (bicyclic) bond motifs is 1. The number of Topliss-reactive ketones (excluding diaryl/α,β-unsaturated/α-hetero) is 2. The van der Waals surface area contributed by atoms with E-state index in [0.29, 0.717) is 31.4 Å². The van der Waals surface area contributed by atoms with Gasteiger partial charge in [-0.15, -0.1) is 0 Å². The number of benzene rings is 2. The van der Waals surface area contributed by atoms with E-state index in [9.17, 15) is 35.4 Å². The SMILES string of the molecule is O=CC1CCCC12CCC13C4=CCNC5=C4C(=CC21)CC(N5)SSCC12C(=O)c4c(cccc4C(=O)C1C=C(Cc1cccc(CO)c1)C=C2O)OC1OC2(CO)CCC3C(O)(C1O)C2O. The molecule has 346 valence electrons. The average molecular weight is 935 g/mol. The second kappa shape index (κ2) is 15.2. The number of allylic oxidation sites excluding steroid dienone is 7. The number of rotatable bonds is 5. The molecule has 14 rings (SSSR count). The summed E-state index contributed by atoms with van der Waals surface area (Å²) < 4.78 is 13.1. The molecule has 4 fully saturated rings. The summed E-state index contributed by atoms with van der Waals surface area (Å²) in [5.74, 6) is -2.82. The van der Waals surface area contributed by atoms with Crippen molar-refractivity contribution in [2.24, 2.45) is 39.9 Å². The first-order valence-corrected chi connectivity index (χ1v) is 25.7. The van der Waals surface area contributed by atoms with Crippen LogP contribution >= 0.6 is 21.6 Å². The van der Waals surface area contributed by atoms with Crippen molar-refractivity contribution in [1.82, 2.24) is 10.6 Å². The first-order valence-electron chi connectivity index (χ1n) is 23.4. The quantitative estimate of drug-likeness (QED) is 0.148. The van der Waals surface area contributed by atoms with Crippen molar-refractivity contribution in [2.45, 2.75) is 99.5 Å². The molecule has 13 unspecified atom stereocenters. The first kappa shape index (κ1) is 43.1. The van der Waals surface area contributed by atoms with Crippen LogP contribution in [0, 0.1) is 39.9 Å². The maximum atomic E-state index is 15.6. The molecule has 13 nitrogen and oxygen atoms in total. The molecule has 13 atom stereocenters. The van der Waals surface area contributed by atoms with E-state index < -0.39 is 76.0 Å². The number of dihydropyridines is 1. The normalized spacial score (nSPS) is 41.7. The van der Waals surface area contributed by atoms with Gasteiger partial charge in [-0.25, -0.2) is 0 Å². The second-order valence-electron chi connectivity index (χ2n) is 20.4. The Hall–Kier alpha value is -4.19. The highest BCUT2D eigenvalue weighted by atomic mass is 33.1. The lowest BCUT2D eigenvalue weighted by Gasteiger charge is -2.65. The summed E-state index contributed by atoms with van der Waals surface area (Å²) in [4.78, 5) is 43.7. The maximum Gasteiger partial charge on any atom is 0.229 e. The van der Waals surface area contributed by atoms with E-state index in [1.165, 1.54) is 27.7 Å². The molecule has 12 aliphatic rings. The minimum Gasteiger partial charge on any atom is -0.511 e. The predicted molar refractivity (Wildman–Crippen MR) is 245 cm³/mol. The summed E-state index contributed by atoms with van der Waals surface area (Å²) in [6, 6.07) is 12.0. The highest BCUT2D eigenvalue weighted by molar-refractivity contribution is 8.76. The molecule has 3 saturated carbocycles. The second-order valence-corrected chi connectivity index (χ2v) is 23.0. The number of ether oxygens (including phenoxy) is 2. The van der Waals surface area contributed by atoms with Crippen LogP contribution in [0.5, 0.6) is 5.75 Å². The van der Waals surface area contributed by atoms with Gasteiger partial charge in [-0.3, -0.25) is 9.59 Å². The number of aldehydes is 1. The summed E-state index contributed by atoms with van der Waals surface area (Å²) in [5, 5.41) is 79.3. The molecule has 0 amide bonds. The molecule has 1 saturated heterocycles. The molecule has 2 aromatic carbocycles.